The van der Waals surface area contributed by atoms with Crippen molar-refractivity contribution in [2.24, 2.45) is 10.9 Å². The van der Waals surface area contributed by atoms with Crippen molar-refractivity contribution >= 4 is 6.02 Å². The lowest BCUT2D eigenvalue weighted by Gasteiger charge is -2.30. The van der Waals surface area contributed by atoms with Gasteiger partial charge in [-0.25, -0.2) is 0 Å². The van der Waals surface area contributed by atoms with Crippen LogP contribution >= 0.6 is 0 Å². The summed E-state index contributed by atoms with van der Waals surface area (Å²) in [5, 5.41) is 8.41. The Kier molecular flexibility index (Phi) is 3.56. The molecule has 0 aromatic rings. The summed E-state index contributed by atoms with van der Waals surface area (Å²) in [5.74, 6) is 0.774. The van der Waals surface area contributed by atoms with Crippen LogP contribution in [0.5, 0.6) is 0 Å². The van der Waals surface area contributed by atoms with Crippen molar-refractivity contribution in [2.75, 3.05) is 20.2 Å². The first-order valence-electron chi connectivity index (χ1n) is 4.53. The Balaban J connectivity index is 2.52. The predicted octanol–water partition coefficient (Wildman–Crippen LogP) is 1.20. The van der Waals surface area contributed by atoms with Gasteiger partial charge in [0.05, 0.1) is 7.11 Å². The molecule has 13 heavy (non-hydrogen) atoms. The molecule has 0 radical (unpaired) electrons. The van der Waals surface area contributed by atoms with Gasteiger partial charge >= 0.3 is 6.02 Å². The number of likely N-dealkylation sites (tertiary alicyclic amines) is 1. The summed E-state index contributed by atoms with van der Waals surface area (Å²) in [4.78, 5) is 5.63. The quantitative estimate of drug-likeness (QED) is 0.320. The van der Waals surface area contributed by atoms with Gasteiger partial charge < -0.3 is 9.64 Å². The molecule has 0 aromatic heterocycles. The summed E-state index contributed by atoms with van der Waals surface area (Å²) in [7, 11) is 1.55. The Hall–Kier alpha value is -1.24. The van der Waals surface area contributed by atoms with Crippen LogP contribution in [0.3, 0.4) is 0 Å². The first-order chi connectivity index (χ1) is 6.27. The van der Waals surface area contributed by atoms with Gasteiger partial charge in [0, 0.05) is 13.1 Å². The van der Waals surface area contributed by atoms with Gasteiger partial charge in [0.15, 0.2) is 0 Å². The number of hydrogen-bond donors (Lipinski definition) is 0. The normalized spacial score (nSPS) is 19.8. The Morgan fingerprint density at radius 3 is 2.62 bits per heavy atom. The Morgan fingerprint density at radius 2 is 2.15 bits per heavy atom. The largest absolute Gasteiger partial charge is 0.468 e. The van der Waals surface area contributed by atoms with E-state index in [1.807, 2.05) is 4.90 Å². The van der Waals surface area contributed by atoms with E-state index in [2.05, 4.69) is 11.9 Å². The molecule has 1 heterocycles. The molecule has 0 atom stereocenters. The van der Waals surface area contributed by atoms with Crippen LogP contribution in [-0.2, 0) is 4.74 Å². The number of amidine groups is 1. The molecule has 1 aliphatic rings. The van der Waals surface area contributed by atoms with Gasteiger partial charge in [-0.3, -0.25) is 0 Å². The Morgan fingerprint density at radius 1 is 1.54 bits per heavy atom. The average Bonchev–Trinajstić information content (AvgIpc) is 2.16. The Bertz CT molecular complexity index is 224. The van der Waals surface area contributed by atoms with Crippen molar-refractivity contribution in [1.29, 1.82) is 5.26 Å². The third-order valence-electron chi connectivity index (χ3n) is 2.38. The van der Waals surface area contributed by atoms with Crippen molar-refractivity contribution in [3.05, 3.63) is 0 Å². The van der Waals surface area contributed by atoms with Crippen LogP contribution in [-0.4, -0.2) is 31.1 Å². The molecule has 4 nitrogen and oxygen atoms in total. The van der Waals surface area contributed by atoms with E-state index in [0.717, 1.165) is 31.8 Å². The number of methoxy groups -OCH3 is 1. The molecule has 0 aliphatic carbocycles. The molecule has 0 bridgehead atoms. The molecule has 1 aliphatic heterocycles. The van der Waals surface area contributed by atoms with E-state index in [-0.39, 0.29) is 0 Å². The highest BCUT2D eigenvalue weighted by molar-refractivity contribution is 5.74. The summed E-state index contributed by atoms with van der Waals surface area (Å²) < 4.78 is 5.02. The number of nitriles is 1. The Labute approximate surface area is 78.8 Å². The van der Waals surface area contributed by atoms with Crippen LogP contribution in [0, 0.1) is 17.4 Å². The summed E-state index contributed by atoms with van der Waals surface area (Å²) >= 11 is 0. The fraction of sp³-hybridized carbons (Fsp3) is 0.778. The lowest BCUT2D eigenvalue weighted by Crippen LogP contribution is -2.38. The van der Waals surface area contributed by atoms with Crippen molar-refractivity contribution < 1.29 is 4.74 Å². The molecule has 0 saturated carbocycles. The standard InChI is InChI=1S/C9H15N3O/c1-8-3-5-12(6-4-8)9(13-2)11-7-10/h8H,3-6H2,1-2H3. The highest BCUT2D eigenvalue weighted by atomic mass is 16.5. The highest BCUT2D eigenvalue weighted by Gasteiger charge is 2.19. The van der Waals surface area contributed by atoms with Crippen molar-refractivity contribution in [3.8, 4) is 6.19 Å². The van der Waals surface area contributed by atoms with Crippen molar-refractivity contribution in [3.63, 3.8) is 0 Å². The molecule has 0 amide bonds. The monoisotopic (exact) mass is 181 g/mol. The minimum atomic E-state index is 0.453. The molecule has 1 rings (SSSR count). The molecule has 4 heteroatoms. The van der Waals surface area contributed by atoms with Crippen LogP contribution in [0.25, 0.3) is 0 Å². The van der Waals surface area contributed by atoms with Crippen LogP contribution in [0.1, 0.15) is 19.8 Å². The van der Waals surface area contributed by atoms with E-state index >= 15 is 0 Å². The van der Waals surface area contributed by atoms with E-state index in [9.17, 15) is 0 Å². The number of ether oxygens (including phenoxy) is 1. The van der Waals surface area contributed by atoms with Gasteiger partial charge in [-0.2, -0.15) is 5.26 Å². The van der Waals surface area contributed by atoms with E-state index in [1.165, 1.54) is 0 Å². The molecular weight excluding hydrogens is 166 g/mol. The van der Waals surface area contributed by atoms with Gasteiger partial charge in [-0.05, 0) is 18.8 Å². The topological polar surface area (TPSA) is 48.6 Å². The van der Waals surface area contributed by atoms with Gasteiger partial charge in [0.25, 0.3) is 0 Å². The van der Waals surface area contributed by atoms with Crippen molar-refractivity contribution in [2.45, 2.75) is 19.8 Å². The van der Waals surface area contributed by atoms with E-state index in [0.29, 0.717) is 6.02 Å². The predicted molar refractivity (Wildman–Crippen MR) is 50.0 cm³/mol. The number of rotatable bonds is 0. The third kappa shape index (κ3) is 2.62. The maximum atomic E-state index is 8.41. The first kappa shape index (κ1) is 9.85. The molecule has 72 valence electrons. The lowest BCUT2D eigenvalue weighted by atomic mass is 10.00. The van der Waals surface area contributed by atoms with Gasteiger partial charge in [-0.15, -0.1) is 4.99 Å². The van der Waals surface area contributed by atoms with Crippen LogP contribution < -0.4 is 0 Å². The fourth-order valence-corrected chi connectivity index (χ4v) is 1.49. The maximum absolute atomic E-state index is 8.41. The summed E-state index contributed by atoms with van der Waals surface area (Å²) in [6.07, 6.45) is 4.04. The summed E-state index contributed by atoms with van der Waals surface area (Å²) in [6.45, 7) is 4.12. The molecule has 0 aromatic carbocycles. The molecule has 0 spiro atoms. The minimum absolute atomic E-state index is 0.453. The van der Waals surface area contributed by atoms with Crippen molar-refractivity contribution in [1.82, 2.24) is 4.90 Å². The first-order valence-corrected chi connectivity index (χ1v) is 4.53. The van der Waals surface area contributed by atoms with Crippen LogP contribution in [0.15, 0.2) is 4.99 Å². The van der Waals surface area contributed by atoms with Crippen LogP contribution in [0.4, 0.5) is 0 Å². The smallest absolute Gasteiger partial charge is 0.302 e. The molecule has 1 saturated heterocycles. The molecular formula is C9H15N3O. The summed E-state index contributed by atoms with van der Waals surface area (Å²) in [6, 6.07) is 0.453. The van der Waals surface area contributed by atoms with E-state index < -0.39 is 0 Å². The zero-order valence-corrected chi connectivity index (χ0v) is 8.16. The second-order valence-electron chi connectivity index (χ2n) is 3.37. The number of piperidine rings is 1. The number of aliphatic imine (C=N–C) groups is 1. The number of nitrogens with zero attached hydrogens (tertiary/aromatic N) is 3. The zero-order valence-electron chi connectivity index (χ0n) is 8.16. The average molecular weight is 181 g/mol. The van der Waals surface area contributed by atoms with Crippen LogP contribution in [0.2, 0.25) is 0 Å². The highest BCUT2D eigenvalue weighted by Crippen LogP contribution is 2.16. The van der Waals surface area contributed by atoms with Gasteiger partial charge in [0.1, 0.15) is 0 Å². The minimum Gasteiger partial charge on any atom is -0.468 e. The summed E-state index contributed by atoms with van der Waals surface area (Å²) in [5.41, 5.74) is 0. The molecule has 0 N–H and O–H groups in total. The molecule has 0 unspecified atom stereocenters. The maximum Gasteiger partial charge on any atom is 0.302 e. The fourth-order valence-electron chi connectivity index (χ4n) is 1.49. The zero-order chi connectivity index (χ0) is 9.68. The lowest BCUT2D eigenvalue weighted by molar-refractivity contribution is 0.222. The third-order valence-corrected chi connectivity index (χ3v) is 2.38. The SMILES string of the molecule is COC(=NC#N)N1CCC(C)CC1. The second kappa shape index (κ2) is 4.70. The van der Waals surface area contributed by atoms with Gasteiger partial charge in [-0.1, -0.05) is 6.92 Å². The number of hydrogen-bond acceptors (Lipinski definition) is 3. The van der Waals surface area contributed by atoms with E-state index in [1.54, 1.807) is 13.3 Å². The van der Waals surface area contributed by atoms with E-state index in [4.69, 9.17) is 10.00 Å². The second-order valence-corrected chi connectivity index (χ2v) is 3.37. The molecule has 1 fully saturated rings. The van der Waals surface area contributed by atoms with Gasteiger partial charge in [0.2, 0.25) is 6.19 Å².